The highest BCUT2D eigenvalue weighted by molar-refractivity contribution is 7.98. The second-order valence-corrected chi connectivity index (χ2v) is 8.10. The number of hydrogen-bond donors (Lipinski definition) is 1. The topological polar surface area (TPSA) is 51.2 Å². The smallest absolute Gasteiger partial charge is 0.246 e. The molecular formula is C17H18N2O2S3. The molecule has 0 radical (unpaired) electrons. The van der Waals surface area contributed by atoms with Crippen LogP contribution >= 0.6 is 34.4 Å². The summed E-state index contributed by atoms with van der Waals surface area (Å²) in [6, 6.07) is 10.1. The maximum absolute atomic E-state index is 11.7. The van der Waals surface area contributed by atoms with Gasteiger partial charge in [0.2, 0.25) is 5.91 Å². The lowest BCUT2D eigenvalue weighted by molar-refractivity contribution is -0.125. The fraction of sp³-hybridized carbons (Fsp3) is 0.294. The van der Waals surface area contributed by atoms with E-state index in [4.69, 9.17) is 4.74 Å². The van der Waals surface area contributed by atoms with Crippen molar-refractivity contribution in [1.82, 2.24) is 10.3 Å². The van der Waals surface area contributed by atoms with Gasteiger partial charge in [0.25, 0.3) is 0 Å². The zero-order valence-corrected chi connectivity index (χ0v) is 15.5. The molecule has 3 rings (SSSR count). The Bertz CT molecular complexity index is 738. The van der Waals surface area contributed by atoms with Gasteiger partial charge < -0.3 is 10.1 Å². The van der Waals surface area contributed by atoms with Crippen LogP contribution in [-0.4, -0.2) is 29.8 Å². The zero-order valence-electron chi connectivity index (χ0n) is 13.1. The molecule has 1 N–H and O–H groups in total. The first kappa shape index (κ1) is 17.4. The average molecular weight is 379 g/mol. The molecule has 1 amide bonds. The fourth-order valence-electron chi connectivity index (χ4n) is 2.09. The van der Waals surface area contributed by atoms with E-state index >= 15 is 0 Å². The third kappa shape index (κ3) is 5.31. The molecular weight excluding hydrogens is 360 g/mol. The van der Waals surface area contributed by atoms with E-state index in [1.54, 1.807) is 22.7 Å². The van der Waals surface area contributed by atoms with E-state index in [0.717, 1.165) is 26.7 Å². The molecule has 2 heterocycles. The quantitative estimate of drug-likeness (QED) is 0.573. The maximum Gasteiger partial charge on any atom is 0.246 e. The van der Waals surface area contributed by atoms with Crippen LogP contribution in [0.4, 0.5) is 0 Å². The molecule has 0 saturated heterocycles. The number of carbonyl (C=O) groups is 1. The summed E-state index contributed by atoms with van der Waals surface area (Å²) in [5.74, 6) is 1.82. The number of benzene rings is 1. The second-order valence-electron chi connectivity index (χ2n) is 5.10. The number of rotatable bonds is 9. The van der Waals surface area contributed by atoms with E-state index in [1.807, 2.05) is 36.0 Å². The summed E-state index contributed by atoms with van der Waals surface area (Å²) in [5.41, 5.74) is 2.32. The van der Waals surface area contributed by atoms with E-state index in [1.165, 1.54) is 5.56 Å². The average Bonchev–Trinajstić information content (AvgIpc) is 3.23. The summed E-state index contributed by atoms with van der Waals surface area (Å²) < 4.78 is 6.60. The number of ether oxygens (including phenoxy) is 1. The number of para-hydroxylation sites is 1. The molecule has 0 bridgehead atoms. The van der Waals surface area contributed by atoms with Crippen molar-refractivity contribution in [2.75, 3.05) is 18.9 Å². The molecule has 0 aliphatic heterocycles. The lowest BCUT2D eigenvalue weighted by atomic mass is 10.3. The summed E-state index contributed by atoms with van der Waals surface area (Å²) in [6.07, 6.45) is 0. The Labute approximate surface area is 153 Å². The Morgan fingerprint density at radius 3 is 3.04 bits per heavy atom. The molecule has 3 aromatic rings. The lowest BCUT2D eigenvalue weighted by Crippen LogP contribution is -2.29. The van der Waals surface area contributed by atoms with Crippen LogP contribution in [-0.2, 0) is 21.9 Å². The van der Waals surface area contributed by atoms with Crippen molar-refractivity contribution in [1.29, 1.82) is 0 Å². The number of thiophene rings is 1. The fourth-order valence-corrected chi connectivity index (χ4v) is 4.58. The molecule has 0 atom stereocenters. The van der Waals surface area contributed by atoms with E-state index in [9.17, 15) is 4.79 Å². The van der Waals surface area contributed by atoms with Gasteiger partial charge in [-0.15, -0.1) is 11.3 Å². The minimum absolute atomic E-state index is 0.0745. The molecule has 0 aliphatic rings. The van der Waals surface area contributed by atoms with E-state index in [-0.39, 0.29) is 12.5 Å². The Balaban J connectivity index is 1.28. The van der Waals surface area contributed by atoms with Crippen molar-refractivity contribution in [2.45, 2.75) is 12.4 Å². The van der Waals surface area contributed by atoms with E-state index < -0.39 is 0 Å². The number of thiazole rings is 1. The second kappa shape index (κ2) is 9.17. The highest BCUT2D eigenvalue weighted by Gasteiger charge is 2.05. The van der Waals surface area contributed by atoms with Crippen LogP contribution < -0.4 is 5.32 Å². The highest BCUT2D eigenvalue weighted by atomic mass is 32.2. The Morgan fingerprint density at radius 2 is 2.21 bits per heavy atom. The summed E-state index contributed by atoms with van der Waals surface area (Å²) in [7, 11) is 0. The summed E-state index contributed by atoms with van der Waals surface area (Å²) >= 11 is 5.13. The molecule has 0 spiro atoms. The van der Waals surface area contributed by atoms with Crippen molar-refractivity contribution < 1.29 is 9.53 Å². The zero-order chi connectivity index (χ0) is 16.6. The Hall–Kier alpha value is -1.41. The van der Waals surface area contributed by atoms with Gasteiger partial charge in [-0.05, 0) is 34.5 Å². The van der Waals surface area contributed by atoms with Gasteiger partial charge in [0, 0.05) is 18.1 Å². The molecule has 7 heteroatoms. The molecule has 4 nitrogen and oxygen atoms in total. The van der Waals surface area contributed by atoms with Gasteiger partial charge in [-0.3, -0.25) is 4.79 Å². The van der Waals surface area contributed by atoms with Crippen LogP contribution in [0.15, 0.2) is 41.1 Å². The van der Waals surface area contributed by atoms with Crippen molar-refractivity contribution in [3.63, 3.8) is 0 Å². The van der Waals surface area contributed by atoms with Crippen molar-refractivity contribution in [3.8, 4) is 0 Å². The number of carbonyl (C=O) groups excluding carboxylic acids is 1. The summed E-state index contributed by atoms with van der Waals surface area (Å²) in [5, 5.41) is 8.01. The van der Waals surface area contributed by atoms with Gasteiger partial charge in [0.15, 0.2) is 0 Å². The Morgan fingerprint density at radius 1 is 1.29 bits per heavy atom. The van der Waals surface area contributed by atoms with Gasteiger partial charge >= 0.3 is 0 Å². The largest absolute Gasteiger partial charge is 0.364 e. The SMILES string of the molecule is O=C(COCc1nc2ccccc2s1)NCCSCc1ccsc1. The van der Waals surface area contributed by atoms with Crippen LogP contribution in [0, 0.1) is 0 Å². The van der Waals surface area contributed by atoms with Crippen LogP contribution in [0.25, 0.3) is 10.2 Å². The van der Waals surface area contributed by atoms with Gasteiger partial charge in [0.1, 0.15) is 11.6 Å². The molecule has 0 unspecified atom stereocenters. The third-order valence-corrected chi connectivity index (χ3v) is 5.99. The van der Waals surface area contributed by atoms with Crippen molar-refractivity contribution >= 4 is 50.6 Å². The molecule has 0 aliphatic carbocycles. The van der Waals surface area contributed by atoms with E-state index in [2.05, 4.69) is 27.1 Å². The molecule has 0 fully saturated rings. The van der Waals surface area contributed by atoms with Crippen molar-refractivity contribution in [2.24, 2.45) is 0 Å². The Kier molecular flexibility index (Phi) is 6.66. The predicted molar refractivity (Wildman–Crippen MR) is 103 cm³/mol. The molecule has 2 aromatic heterocycles. The number of hydrogen-bond acceptors (Lipinski definition) is 6. The van der Waals surface area contributed by atoms with Crippen LogP contribution in [0.3, 0.4) is 0 Å². The molecule has 0 saturated carbocycles. The lowest BCUT2D eigenvalue weighted by Gasteiger charge is -2.05. The minimum atomic E-state index is -0.0766. The first-order valence-electron chi connectivity index (χ1n) is 7.59. The molecule has 24 heavy (non-hydrogen) atoms. The number of fused-ring (bicyclic) bond motifs is 1. The minimum Gasteiger partial charge on any atom is -0.364 e. The summed E-state index contributed by atoms with van der Waals surface area (Å²) in [6.45, 7) is 1.11. The highest BCUT2D eigenvalue weighted by Crippen LogP contribution is 2.21. The molecule has 126 valence electrons. The van der Waals surface area contributed by atoms with Crippen molar-refractivity contribution in [3.05, 3.63) is 51.7 Å². The number of nitrogens with one attached hydrogen (secondary N) is 1. The van der Waals surface area contributed by atoms with Gasteiger partial charge in [-0.2, -0.15) is 23.1 Å². The monoisotopic (exact) mass is 378 g/mol. The number of nitrogens with zero attached hydrogens (tertiary/aromatic N) is 1. The summed E-state index contributed by atoms with van der Waals surface area (Å²) in [4.78, 5) is 16.2. The molecule has 1 aromatic carbocycles. The van der Waals surface area contributed by atoms with Gasteiger partial charge in [-0.1, -0.05) is 12.1 Å². The maximum atomic E-state index is 11.7. The predicted octanol–water partition coefficient (Wildman–Crippen LogP) is 3.92. The van der Waals surface area contributed by atoms with E-state index in [0.29, 0.717) is 13.2 Å². The van der Waals surface area contributed by atoms with Crippen LogP contribution in [0.5, 0.6) is 0 Å². The number of aromatic nitrogens is 1. The number of amides is 1. The third-order valence-electron chi connectivity index (χ3n) is 3.21. The van der Waals surface area contributed by atoms with Crippen LogP contribution in [0.1, 0.15) is 10.6 Å². The first-order chi connectivity index (χ1) is 11.8. The normalized spacial score (nSPS) is 11.0. The standard InChI is InChI=1S/C17H18N2O2S3/c20-16(18-6-8-23-12-13-5-7-22-11-13)9-21-10-17-19-14-3-1-2-4-15(14)24-17/h1-5,7,11H,6,8-10,12H2,(H,18,20). The van der Waals surface area contributed by atoms with Crippen LogP contribution in [0.2, 0.25) is 0 Å². The first-order valence-corrected chi connectivity index (χ1v) is 10.5. The van der Waals surface area contributed by atoms with Gasteiger partial charge in [-0.25, -0.2) is 4.98 Å². The number of thioether (sulfide) groups is 1. The van der Waals surface area contributed by atoms with Gasteiger partial charge in [0.05, 0.1) is 16.8 Å².